The molecule has 0 bridgehead atoms. The van der Waals surface area contributed by atoms with Crippen molar-refractivity contribution in [1.82, 2.24) is 5.32 Å². The smallest absolute Gasteiger partial charge is 0.0175 e. The SMILES string of the molecule is CC1CCC(CCc2ccc(Br)cc2)N1. The van der Waals surface area contributed by atoms with Crippen molar-refractivity contribution < 1.29 is 0 Å². The van der Waals surface area contributed by atoms with Crippen LogP contribution in [0.1, 0.15) is 31.7 Å². The second kappa shape index (κ2) is 5.13. The summed E-state index contributed by atoms with van der Waals surface area (Å²) in [4.78, 5) is 0. The summed E-state index contributed by atoms with van der Waals surface area (Å²) >= 11 is 3.46. The molecule has 1 nitrogen and oxygen atoms in total. The van der Waals surface area contributed by atoms with Crippen molar-refractivity contribution in [2.24, 2.45) is 0 Å². The maximum atomic E-state index is 3.63. The summed E-state index contributed by atoms with van der Waals surface area (Å²) in [6, 6.07) is 10.1. The van der Waals surface area contributed by atoms with Gasteiger partial charge < -0.3 is 5.32 Å². The van der Waals surface area contributed by atoms with Crippen molar-refractivity contribution in [2.75, 3.05) is 0 Å². The van der Waals surface area contributed by atoms with E-state index in [2.05, 4.69) is 52.4 Å². The highest BCUT2D eigenvalue weighted by molar-refractivity contribution is 9.10. The Morgan fingerprint density at radius 1 is 1.27 bits per heavy atom. The summed E-state index contributed by atoms with van der Waals surface area (Å²) in [6.07, 6.45) is 5.15. The second-order valence-electron chi connectivity index (χ2n) is 4.51. The molecule has 0 radical (unpaired) electrons. The maximum absolute atomic E-state index is 3.63. The van der Waals surface area contributed by atoms with E-state index >= 15 is 0 Å². The average Bonchev–Trinajstić information content (AvgIpc) is 2.64. The van der Waals surface area contributed by atoms with Crippen molar-refractivity contribution in [2.45, 2.75) is 44.7 Å². The Morgan fingerprint density at radius 3 is 2.60 bits per heavy atom. The number of halogens is 1. The van der Waals surface area contributed by atoms with Crippen LogP contribution in [0.15, 0.2) is 28.7 Å². The molecule has 1 aliphatic heterocycles. The summed E-state index contributed by atoms with van der Waals surface area (Å²) in [5.41, 5.74) is 1.44. The Labute approximate surface area is 100 Å². The van der Waals surface area contributed by atoms with E-state index in [1.165, 1.54) is 35.7 Å². The zero-order valence-corrected chi connectivity index (χ0v) is 10.8. The molecule has 15 heavy (non-hydrogen) atoms. The Bertz CT molecular complexity index is 307. The van der Waals surface area contributed by atoms with E-state index in [4.69, 9.17) is 0 Å². The minimum atomic E-state index is 0.722. The molecule has 0 aliphatic carbocycles. The second-order valence-corrected chi connectivity index (χ2v) is 5.42. The quantitative estimate of drug-likeness (QED) is 0.884. The molecule has 1 aliphatic rings. The Kier molecular flexibility index (Phi) is 3.81. The van der Waals surface area contributed by atoms with E-state index in [0.717, 1.165) is 12.1 Å². The summed E-state index contributed by atoms with van der Waals surface area (Å²) in [7, 11) is 0. The molecule has 1 N–H and O–H groups in total. The standard InChI is InChI=1S/C13H18BrN/c1-10-2-8-13(15-10)9-5-11-3-6-12(14)7-4-11/h3-4,6-7,10,13,15H,2,5,8-9H2,1H3. The highest BCUT2D eigenvalue weighted by Crippen LogP contribution is 2.17. The van der Waals surface area contributed by atoms with Gasteiger partial charge >= 0.3 is 0 Å². The van der Waals surface area contributed by atoms with Gasteiger partial charge in [-0.1, -0.05) is 28.1 Å². The lowest BCUT2D eigenvalue weighted by molar-refractivity contribution is 0.527. The van der Waals surface area contributed by atoms with E-state index in [1.807, 2.05) is 0 Å². The fourth-order valence-corrected chi connectivity index (χ4v) is 2.50. The zero-order chi connectivity index (χ0) is 10.7. The lowest BCUT2D eigenvalue weighted by Gasteiger charge is -2.11. The summed E-state index contributed by atoms with van der Waals surface area (Å²) < 4.78 is 1.17. The van der Waals surface area contributed by atoms with Crippen molar-refractivity contribution in [1.29, 1.82) is 0 Å². The molecule has 82 valence electrons. The first-order valence-corrected chi connectivity index (χ1v) is 6.54. The van der Waals surface area contributed by atoms with Crippen LogP contribution in [0.25, 0.3) is 0 Å². The van der Waals surface area contributed by atoms with Gasteiger partial charge in [0.05, 0.1) is 0 Å². The summed E-state index contributed by atoms with van der Waals surface area (Å²) in [5, 5.41) is 3.63. The summed E-state index contributed by atoms with van der Waals surface area (Å²) in [6.45, 7) is 2.28. The predicted octanol–water partition coefficient (Wildman–Crippen LogP) is 3.52. The average molecular weight is 268 g/mol. The summed E-state index contributed by atoms with van der Waals surface area (Å²) in [5.74, 6) is 0. The van der Waals surface area contributed by atoms with Crippen molar-refractivity contribution in [3.63, 3.8) is 0 Å². The fraction of sp³-hybridized carbons (Fsp3) is 0.538. The molecular weight excluding hydrogens is 250 g/mol. The van der Waals surface area contributed by atoms with E-state index < -0.39 is 0 Å². The third kappa shape index (κ3) is 3.32. The molecule has 0 saturated carbocycles. The maximum Gasteiger partial charge on any atom is 0.0175 e. The first kappa shape index (κ1) is 11.2. The molecule has 1 saturated heterocycles. The van der Waals surface area contributed by atoms with E-state index in [9.17, 15) is 0 Å². The molecule has 1 fully saturated rings. The van der Waals surface area contributed by atoms with Gasteiger partial charge in [-0.25, -0.2) is 0 Å². The van der Waals surface area contributed by atoms with Gasteiger partial charge in [0, 0.05) is 16.6 Å². The molecule has 1 heterocycles. The van der Waals surface area contributed by atoms with Gasteiger partial charge in [0.15, 0.2) is 0 Å². The number of hydrogen-bond donors (Lipinski definition) is 1. The van der Waals surface area contributed by atoms with Crippen LogP contribution in [0.5, 0.6) is 0 Å². The van der Waals surface area contributed by atoms with E-state index in [0.29, 0.717) is 0 Å². The molecule has 0 amide bonds. The number of nitrogens with one attached hydrogen (secondary N) is 1. The molecule has 1 aromatic rings. The minimum Gasteiger partial charge on any atom is -0.311 e. The van der Waals surface area contributed by atoms with Gasteiger partial charge in [0.25, 0.3) is 0 Å². The van der Waals surface area contributed by atoms with Gasteiger partial charge in [-0.3, -0.25) is 0 Å². The van der Waals surface area contributed by atoms with Crippen molar-refractivity contribution in [3.05, 3.63) is 34.3 Å². The van der Waals surface area contributed by atoms with E-state index in [1.54, 1.807) is 0 Å². The molecule has 2 heteroatoms. The largest absolute Gasteiger partial charge is 0.311 e. The topological polar surface area (TPSA) is 12.0 Å². The van der Waals surface area contributed by atoms with Crippen LogP contribution in [-0.4, -0.2) is 12.1 Å². The van der Waals surface area contributed by atoms with Gasteiger partial charge in [-0.15, -0.1) is 0 Å². The molecule has 2 unspecified atom stereocenters. The van der Waals surface area contributed by atoms with Crippen LogP contribution in [0.2, 0.25) is 0 Å². The Hall–Kier alpha value is -0.340. The van der Waals surface area contributed by atoms with Gasteiger partial charge in [0.1, 0.15) is 0 Å². The monoisotopic (exact) mass is 267 g/mol. The van der Waals surface area contributed by atoms with Crippen LogP contribution >= 0.6 is 15.9 Å². The first-order valence-electron chi connectivity index (χ1n) is 5.74. The van der Waals surface area contributed by atoms with Crippen LogP contribution in [-0.2, 0) is 6.42 Å². The number of rotatable bonds is 3. The molecule has 2 atom stereocenters. The van der Waals surface area contributed by atoms with Gasteiger partial charge in [0.2, 0.25) is 0 Å². The Morgan fingerprint density at radius 2 is 2.00 bits per heavy atom. The minimum absolute atomic E-state index is 0.722. The van der Waals surface area contributed by atoms with Gasteiger partial charge in [-0.2, -0.15) is 0 Å². The molecule has 2 rings (SSSR count). The number of benzene rings is 1. The van der Waals surface area contributed by atoms with E-state index in [-0.39, 0.29) is 0 Å². The normalized spacial score (nSPS) is 25.7. The molecular formula is C13H18BrN. The van der Waals surface area contributed by atoms with Crippen LogP contribution < -0.4 is 5.32 Å². The highest BCUT2D eigenvalue weighted by atomic mass is 79.9. The van der Waals surface area contributed by atoms with Crippen molar-refractivity contribution in [3.8, 4) is 0 Å². The highest BCUT2D eigenvalue weighted by Gasteiger charge is 2.19. The lowest BCUT2D eigenvalue weighted by atomic mass is 10.0. The third-order valence-corrected chi connectivity index (χ3v) is 3.69. The number of hydrogen-bond acceptors (Lipinski definition) is 1. The Balaban J connectivity index is 1.80. The lowest BCUT2D eigenvalue weighted by Crippen LogP contribution is -2.27. The molecule has 0 aromatic heterocycles. The number of aryl methyl sites for hydroxylation is 1. The first-order chi connectivity index (χ1) is 7.24. The third-order valence-electron chi connectivity index (χ3n) is 3.16. The fourth-order valence-electron chi connectivity index (χ4n) is 2.24. The van der Waals surface area contributed by atoms with Crippen LogP contribution in [0.4, 0.5) is 0 Å². The molecule has 0 spiro atoms. The van der Waals surface area contributed by atoms with Crippen LogP contribution in [0.3, 0.4) is 0 Å². The van der Waals surface area contributed by atoms with Gasteiger partial charge in [-0.05, 0) is 50.3 Å². The zero-order valence-electron chi connectivity index (χ0n) is 9.17. The van der Waals surface area contributed by atoms with Crippen LogP contribution in [0, 0.1) is 0 Å². The molecule has 1 aromatic carbocycles. The van der Waals surface area contributed by atoms with Crippen molar-refractivity contribution >= 4 is 15.9 Å². The predicted molar refractivity (Wildman–Crippen MR) is 68.1 cm³/mol.